The van der Waals surface area contributed by atoms with Crippen molar-refractivity contribution in [1.82, 2.24) is 15.5 Å². The van der Waals surface area contributed by atoms with Crippen molar-refractivity contribution in [3.63, 3.8) is 0 Å². The van der Waals surface area contributed by atoms with Gasteiger partial charge in [0.25, 0.3) is 5.91 Å². The van der Waals surface area contributed by atoms with Gasteiger partial charge >= 0.3 is 0 Å². The van der Waals surface area contributed by atoms with Gasteiger partial charge in [-0.1, -0.05) is 30.3 Å². The Kier molecular flexibility index (Phi) is 9.38. The molecule has 0 saturated carbocycles. The summed E-state index contributed by atoms with van der Waals surface area (Å²) < 4.78 is 4.98. The minimum absolute atomic E-state index is 0.119. The molecule has 3 N–H and O–H groups in total. The van der Waals surface area contributed by atoms with E-state index in [1.807, 2.05) is 6.07 Å². The van der Waals surface area contributed by atoms with Crippen molar-refractivity contribution in [2.45, 2.75) is 12.8 Å². The van der Waals surface area contributed by atoms with Crippen LogP contribution in [0.1, 0.15) is 12.0 Å². The Bertz CT molecular complexity index is 548. The molecule has 1 aliphatic heterocycles. The van der Waals surface area contributed by atoms with Gasteiger partial charge in [0.1, 0.15) is 0 Å². The standard InChI is InChI=1S/C19H30N4O2S/c1-25-15-5-9-20-18(24)16-22-11-13-23(14-12-22)19(26)21-10-8-17-6-3-2-4-7-17/h2-4,6-7H,5,8-16H2,1H3,(H,20,24)(H,21,26)/p+1. The number of hydrogen-bond donors (Lipinski definition) is 3. The molecule has 1 amide bonds. The molecule has 0 aliphatic carbocycles. The number of piperazine rings is 1. The van der Waals surface area contributed by atoms with E-state index in [-0.39, 0.29) is 5.91 Å². The zero-order chi connectivity index (χ0) is 18.6. The molecule has 1 aliphatic rings. The third-order valence-electron chi connectivity index (χ3n) is 4.55. The normalized spacial score (nSPS) is 14.9. The smallest absolute Gasteiger partial charge is 0.275 e. The van der Waals surface area contributed by atoms with Gasteiger partial charge in [-0.3, -0.25) is 4.79 Å². The van der Waals surface area contributed by atoms with E-state index in [9.17, 15) is 4.79 Å². The lowest BCUT2D eigenvalue weighted by atomic mass is 10.1. The summed E-state index contributed by atoms with van der Waals surface area (Å²) in [6.45, 7) is 6.40. The Balaban J connectivity index is 1.58. The first-order valence-electron chi connectivity index (χ1n) is 9.35. The highest BCUT2D eigenvalue weighted by atomic mass is 32.1. The van der Waals surface area contributed by atoms with Crippen molar-refractivity contribution >= 4 is 23.2 Å². The molecule has 144 valence electrons. The van der Waals surface area contributed by atoms with Gasteiger partial charge in [-0.05, 0) is 30.6 Å². The highest BCUT2D eigenvalue weighted by molar-refractivity contribution is 7.80. The van der Waals surface area contributed by atoms with Crippen LogP contribution in [0.15, 0.2) is 30.3 Å². The molecule has 0 aromatic heterocycles. The SMILES string of the molecule is COCCCNC(=O)C[NH+]1CCN(C(=S)NCCc2ccccc2)CC1. The van der Waals surface area contributed by atoms with Crippen molar-refractivity contribution in [3.8, 4) is 0 Å². The minimum atomic E-state index is 0.119. The van der Waals surface area contributed by atoms with Crippen LogP contribution in [0.2, 0.25) is 0 Å². The first kappa shape index (κ1) is 20.6. The summed E-state index contributed by atoms with van der Waals surface area (Å²) in [6.07, 6.45) is 1.82. The number of methoxy groups -OCH3 is 1. The number of carbonyl (C=O) groups excluding carboxylic acids is 1. The van der Waals surface area contributed by atoms with E-state index in [1.165, 1.54) is 10.5 Å². The molecule has 0 spiro atoms. The summed E-state index contributed by atoms with van der Waals surface area (Å²) >= 11 is 5.51. The molecule has 0 radical (unpaired) electrons. The Morgan fingerprint density at radius 2 is 1.92 bits per heavy atom. The van der Waals surface area contributed by atoms with Crippen LogP contribution in [-0.2, 0) is 16.0 Å². The first-order chi connectivity index (χ1) is 12.7. The zero-order valence-corrected chi connectivity index (χ0v) is 16.4. The minimum Gasteiger partial charge on any atom is -0.385 e. The molecule has 0 bridgehead atoms. The van der Waals surface area contributed by atoms with Crippen LogP contribution in [0.3, 0.4) is 0 Å². The Labute approximate surface area is 161 Å². The molecule has 0 atom stereocenters. The van der Waals surface area contributed by atoms with Crippen LogP contribution in [-0.4, -0.2) is 75.4 Å². The number of carbonyl (C=O) groups is 1. The second-order valence-corrected chi connectivity index (χ2v) is 6.96. The molecule has 1 heterocycles. The molecule has 1 aromatic rings. The summed E-state index contributed by atoms with van der Waals surface area (Å²) in [5, 5.41) is 7.13. The summed E-state index contributed by atoms with van der Waals surface area (Å²) in [5.74, 6) is 0.119. The molecule has 26 heavy (non-hydrogen) atoms. The van der Waals surface area contributed by atoms with Gasteiger partial charge in [0.15, 0.2) is 11.7 Å². The number of ether oxygens (including phenoxy) is 1. The van der Waals surface area contributed by atoms with Gasteiger partial charge in [-0.2, -0.15) is 0 Å². The van der Waals surface area contributed by atoms with E-state index in [1.54, 1.807) is 7.11 Å². The molecular formula is C19H31N4O2S+. The fourth-order valence-electron chi connectivity index (χ4n) is 3.01. The van der Waals surface area contributed by atoms with E-state index in [4.69, 9.17) is 17.0 Å². The highest BCUT2D eigenvalue weighted by Crippen LogP contribution is 1.99. The molecule has 2 rings (SSSR count). The maximum absolute atomic E-state index is 11.9. The van der Waals surface area contributed by atoms with Crippen molar-refractivity contribution in [1.29, 1.82) is 0 Å². The fraction of sp³-hybridized carbons (Fsp3) is 0.579. The van der Waals surface area contributed by atoms with E-state index in [0.717, 1.165) is 50.7 Å². The largest absolute Gasteiger partial charge is 0.385 e. The lowest BCUT2D eigenvalue weighted by Crippen LogP contribution is -3.16. The third-order valence-corrected chi connectivity index (χ3v) is 4.95. The zero-order valence-electron chi connectivity index (χ0n) is 15.6. The van der Waals surface area contributed by atoms with Crippen molar-refractivity contribution in [2.75, 3.05) is 59.5 Å². The van der Waals surface area contributed by atoms with Gasteiger partial charge in [0.05, 0.1) is 26.2 Å². The van der Waals surface area contributed by atoms with Crippen molar-refractivity contribution in [3.05, 3.63) is 35.9 Å². The molecule has 1 aromatic carbocycles. The molecule has 1 fully saturated rings. The molecule has 7 heteroatoms. The summed E-state index contributed by atoms with van der Waals surface area (Å²) in [4.78, 5) is 15.5. The number of rotatable bonds is 9. The molecule has 0 unspecified atom stereocenters. The number of amides is 1. The number of hydrogen-bond acceptors (Lipinski definition) is 3. The van der Waals surface area contributed by atoms with Crippen LogP contribution >= 0.6 is 12.2 Å². The van der Waals surface area contributed by atoms with E-state index in [0.29, 0.717) is 19.7 Å². The van der Waals surface area contributed by atoms with Gasteiger partial charge in [-0.25, -0.2) is 0 Å². The third kappa shape index (κ3) is 7.68. The van der Waals surface area contributed by atoms with Crippen LogP contribution in [0, 0.1) is 0 Å². The molecule has 6 nitrogen and oxygen atoms in total. The topological polar surface area (TPSA) is 58.0 Å². The Morgan fingerprint density at radius 1 is 1.19 bits per heavy atom. The number of benzene rings is 1. The number of nitrogens with one attached hydrogen (secondary N) is 3. The second kappa shape index (κ2) is 11.8. The van der Waals surface area contributed by atoms with Crippen molar-refractivity contribution < 1.29 is 14.4 Å². The van der Waals surface area contributed by atoms with Crippen LogP contribution in [0.25, 0.3) is 0 Å². The average molecular weight is 380 g/mol. The molecule has 1 saturated heterocycles. The quantitative estimate of drug-likeness (QED) is 0.397. The fourth-order valence-corrected chi connectivity index (χ4v) is 3.29. The van der Waals surface area contributed by atoms with Crippen molar-refractivity contribution in [2.24, 2.45) is 0 Å². The monoisotopic (exact) mass is 379 g/mol. The maximum Gasteiger partial charge on any atom is 0.275 e. The lowest BCUT2D eigenvalue weighted by molar-refractivity contribution is -0.895. The number of thiocarbonyl (C=S) groups is 1. The predicted molar refractivity (Wildman–Crippen MR) is 107 cm³/mol. The van der Waals surface area contributed by atoms with Crippen LogP contribution in [0.5, 0.6) is 0 Å². The van der Waals surface area contributed by atoms with E-state index >= 15 is 0 Å². The highest BCUT2D eigenvalue weighted by Gasteiger charge is 2.23. The average Bonchev–Trinajstić information content (AvgIpc) is 2.66. The summed E-state index contributed by atoms with van der Waals surface area (Å²) in [7, 11) is 1.67. The summed E-state index contributed by atoms with van der Waals surface area (Å²) in [5.41, 5.74) is 1.31. The van der Waals surface area contributed by atoms with Gasteiger partial charge in [0, 0.05) is 26.8 Å². The Morgan fingerprint density at radius 3 is 2.62 bits per heavy atom. The first-order valence-corrected chi connectivity index (χ1v) is 9.76. The molecular weight excluding hydrogens is 348 g/mol. The van der Waals surface area contributed by atoms with Gasteiger partial charge < -0.3 is 25.2 Å². The van der Waals surface area contributed by atoms with E-state index < -0.39 is 0 Å². The van der Waals surface area contributed by atoms with Crippen LogP contribution < -0.4 is 15.5 Å². The lowest BCUT2D eigenvalue weighted by Gasteiger charge is -2.33. The maximum atomic E-state index is 11.9. The Hall–Kier alpha value is -1.70. The number of quaternary nitrogens is 1. The van der Waals surface area contributed by atoms with E-state index in [2.05, 4.69) is 39.8 Å². The second-order valence-electron chi connectivity index (χ2n) is 6.58. The summed E-state index contributed by atoms with van der Waals surface area (Å²) in [6, 6.07) is 10.4. The predicted octanol–water partition coefficient (Wildman–Crippen LogP) is -0.543. The van der Waals surface area contributed by atoms with Crippen LogP contribution in [0.4, 0.5) is 0 Å². The number of nitrogens with zero attached hydrogens (tertiary/aromatic N) is 1. The van der Waals surface area contributed by atoms with Gasteiger partial charge in [0.2, 0.25) is 0 Å². The van der Waals surface area contributed by atoms with Gasteiger partial charge in [-0.15, -0.1) is 0 Å².